The van der Waals surface area contributed by atoms with Crippen molar-refractivity contribution >= 4 is 17.6 Å². The Morgan fingerprint density at radius 2 is 2.03 bits per heavy atom. The maximum absolute atomic E-state index is 10.8. The number of unbranched alkanes of at least 4 members (excludes halogenated alkanes) is 1. The number of carboxylic acid groups (broad SMARTS) is 1. The zero-order valence-electron chi connectivity index (χ0n) is 16.8. The van der Waals surface area contributed by atoms with E-state index in [0.29, 0.717) is 12.4 Å². The molecule has 0 bridgehead atoms. The summed E-state index contributed by atoms with van der Waals surface area (Å²) in [6, 6.07) is 12.0. The summed E-state index contributed by atoms with van der Waals surface area (Å²) >= 11 is 0. The quantitative estimate of drug-likeness (QED) is 0.256. The van der Waals surface area contributed by atoms with Crippen LogP contribution in [0.1, 0.15) is 56.6 Å². The van der Waals surface area contributed by atoms with E-state index in [9.17, 15) is 4.79 Å². The summed E-state index contributed by atoms with van der Waals surface area (Å²) in [6.45, 7) is 3.95. The first-order valence-electron chi connectivity index (χ1n) is 9.71. The van der Waals surface area contributed by atoms with Gasteiger partial charge in [-0.1, -0.05) is 24.6 Å². The van der Waals surface area contributed by atoms with Gasteiger partial charge in [0.25, 0.3) is 0 Å². The normalized spacial score (nSPS) is 12.3. The molecule has 1 aromatic carbocycles. The molecule has 1 atom stereocenters. The van der Waals surface area contributed by atoms with Crippen molar-refractivity contribution in [1.29, 1.82) is 5.26 Å². The molecular weight excluding hydrogens is 366 g/mol. The first-order chi connectivity index (χ1) is 14.0. The highest BCUT2D eigenvalue weighted by Crippen LogP contribution is 2.31. The van der Waals surface area contributed by atoms with Crippen LogP contribution in [0.2, 0.25) is 0 Å². The smallest absolute Gasteiger partial charge is 0.303 e. The molecule has 0 saturated heterocycles. The van der Waals surface area contributed by atoms with Crippen LogP contribution >= 0.6 is 0 Å². The number of hydrogen-bond donors (Lipinski definition) is 3. The maximum Gasteiger partial charge on any atom is 0.303 e. The minimum atomic E-state index is -0.768. The predicted octanol–water partition coefficient (Wildman–Crippen LogP) is 4.11. The number of benzene rings is 1. The van der Waals surface area contributed by atoms with Crippen molar-refractivity contribution in [3.8, 4) is 6.19 Å². The number of aliphatic imine (C=N–C) groups is 1. The van der Waals surface area contributed by atoms with Crippen LogP contribution in [0.4, 0.5) is 5.69 Å². The lowest BCUT2D eigenvalue weighted by Crippen LogP contribution is -2.35. The SMILES string of the molecule is CC(C)N/C(=N/C#N)Nc1cccc(C(CCCCC(=O)O)c2cccnc2)c1. The highest BCUT2D eigenvalue weighted by molar-refractivity contribution is 5.94. The lowest BCUT2D eigenvalue weighted by atomic mass is 9.87. The van der Waals surface area contributed by atoms with E-state index in [1.807, 2.05) is 50.4 Å². The Bertz CT molecular complexity index is 859. The number of aliphatic carboxylic acids is 1. The average molecular weight is 393 g/mol. The third-order valence-corrected chi connectivity index (χ3v) is 4.36. The van der Waals surface area contributed by atoms with Gasteiger partial charge in [-0.2, -0.15) is 5.26 Å². The molecule has 152 valence electrons. The number of carboxylic acids is 1. The number of nitriles is 1. The lowest BCUT2D eigenvalue weighted by molar-refractivity contribution is -0.137. The molecular formula is C22H27N5O2. The summed E-state index contributed by atoms with van der Waals surface area (Å²) in [7, 11) is 0. The molecule has 2 aromatic rings. The van der Waals surface area contributed by atoms with Crippen LogP contribution in [0.25, 0.3) is 0 Å². The average Bonchev–Trinajstić information content (AvgIpc) is 2.68. The van der Waals surface area contributed by atoms with Crippen molar-refractivity contribution < 1.29 is 9.90 Å². The first kappa shape index (κ1) is 21.9. The Hall–Kier alpha value is -3.40. The third-order valence-electron chi connectivity index (χ3n) is 4.36. The number of guanidine groups is 1. The summed E-state index contributed by atoms with van der Waals surface area (Å²) in [5.41, 5.74) is 3.01. The highest BCUT2D eigenvalue weighted by atomic mass is 16.4. The second-order valence-electron chi connectivity index (χ2n) is 7.09. The maximum atomic E-state index is 10.8. The van der Waals surface area contributed by atoms with E-state index < -0.39 is 5.97 Å². The van der Waals surface area contributed by atoms with Gasteiger partial charge in [0.15, 0.2) is 0 Å². The van der Waals surface area contributed by atoms with Crippen molar-refractivity contribution in [2.75, 3.05) is 5.32 Å². The second-order valence-corrected chi connectivity index (χ2v) is 7.09. The van der Waals surface area contributed by atoms with Gasteiger partial charge in [0, 0.05) is 36.5 Å². The Balaban J connectivity index is 2.22. The number of pyridine rings is 1. The fraction of sp³-hybridized carbons (Fsp3) is 0.364. The molecule has 0 radical (unpaired) electrons. The van der Waals surface area contributed by atoms with Gasteiger partial charge in [-0.3, -0.25) is 9.78 Å². The largest absolute Gasteiger partial charge is 0.481 e. The van der Waals surface area contributed by atoms with Gasteiger partial charge in [0.05, 0.1) is 0 Å². The van der Waals surface area contributed by atoms with Crippen LogP contribution in [0.3, 0.4) is 0 Å². The summed E-state index contributed by atoms with van der Waals surface area (Å²) < 4.78 is 0. The Morgan fingerprint density at radius 3 is 2.69 bits per heavy atom. The van der Waals surface area contributed by atoms with Crippen LogP contribution in [0.15, 0.2) is 53.8 Å². The third kappa shape index (κ3) is 7.62. The molecule has 7 nitrogen and oxygen atoms in total. The molecule has 0 aliphatic rings. The van der Waals surface area contributed by atoms with Gasteiger partial charge < -0.3 is 15.7 Å². The lowest BCUT2D eigenvalue weighted by Gasteiger charge is -2.19. The van der Waals surface area contributed by atoms with E-state index >= 15 is 0 Å². The Morgan fingerprint density at radius 1 is 1.24 bits per heavy atom. The van der Waals surface area contributed by atoms with E-state index in [-0.39, 0.29) is 18.4 Å². The van der Waals surface area contributed by atoms with Crippen molar-refractivity contribution in [1.82, 2.24) is 10.3 Å². The molecule has 2 rings (SSSR count). The molecule has 0 aliphatic heterocycles. The summed E-state index contributed by atoms with van der Waals surface area (Å²) in [6.07, 6.45) is 7.85. The van der Waals surface area contributed by atoms with Crippen molar-refractivity contribution in [3.05, 3.63) is 59.9 Å². The molecule has 0 spiro atoms. The second kappa shape index (κ2) is 11.4. The Kier molecular flexibility index (Phi) is 8.64. The molecule has 0 fully saturated rings. The summed E-state index contributed by atoms with van der Waals surface area (Å²) in [4.78, 5) is 18.8. The number of carbonyl (C=O) groups is 1. The topological polar surface area (TPSA) is 110 Å². The first-order valence-corrected chi connectivity index (χ1v) is 9.71. The fourth-order valence-electron chi connectivity index (χ4n) is 3.12. The van der Waals surface area contributed by atoms with Gasteiger partial charge >= 0.3 is 5.97 Å². The number of anilines is 1. The Labute approximate surface area is 171 Å². The molecule has 29 heavy (non-hydrogen) atoms. The van der Waals surface area contributed by atoms with E-state index in [1.54, 1.807) is 12.4 Å². The highest BCUT2D eigenvalue weighted by Gasteiger charge is 2.15. The van der Waals surface area contributed by atoms with Crippen molar-refractivity contribution in [3.63, 3.8) is 0 Å². The van der Waals surface area contributed by atoms with E-state index in [1.165, 1.54) is 0 Å². The molecule has 3 N–H and O–H groups in total. The molecule has 7 heteroatoms. The van der Waals surface area contributed by atoms with Gasteiger partial charge in [0.1, 0.15) is 0 Å². The molecule has 0 saturated carbocycles. The molecule has 0 amide bonds. The van der Waals surface area contributed by atoms with E-state index in [4.69, 9.17) is 10.4 Å². The minimum absolute atomic E-state index is 0.105. The number of nitrogens with one attached hydrogen (secondary N) is 2. The standard InChI is InChI=1S/C22H27N5O2/c1-16(2)26-22(25-15-23)27-19-9-5-7-17(13-19)20(10-3-4-11-21(28)29)18-8-6-12-24-14-18/h5-9,12-14,16,20H,3-4,10-11H2,1-2H3,(H,28,29)(H2,25,26,27). The van der Waals surface area contributed by atoms with Crippen LogP contribution in [-0.4, -0.2) is 28.1 Å². The molecule has 1 aromatic heterocycles. The summed E-state index contributed by atoms with van der Waals surface area (Å²) in [5, 5.41) is 24.1. The molecule has 1 heterocycles. The van der Waals surface area contributed by atoms with Crippen LogP contribution in [-0.2, 0) is 4.79 Å². The number of rotatable bonds is 9. The van der Waals surface area contributed by atoms with Gasteiger partial charge in [-0.05, 0) is 56.0 Å². The van der Waals surface area contributed by atoms with Crippen molar-refractivity contribution in [2.45, 2.75) is 51.5 Å². The number of hydrogen-bond acceptors (Lipinski definition) is 4. The zero-order valence-corrected chi connectivity index (χ0v) is 16.8. The number of nitrogens with zero attached hydrogens (tertiary/aromatic N) is 3. The summed E-state index contributed by atoms with van der Waals surface area (Å²) in [5.74, 6) is -0.260. The van der Waals surface area contributed by atoms with E-state index in [0.717, 1.165) is 29.7 Å². The zero-order chi connectivity index (χ0) is 21.1. The van der Waals surface area contributed by atoms with Crippen LogP contribution in [0.5, 0.6) is 0 Å². The van der Waals surface area contributed by atoms with Gasteiger partial charge in [0.2, 0.25) is 12.2 Å². The molecule has 1 unspecified atom stereocenters. The predicted molar refractivity (Wildman–Crippen MR) is 114 cm³/mol. The number of aromatic nitrogens is 1. The van der Waals surface area contributed by atoms with Gasteiger partial charge in [-0.25, -0.2) is 0 Å². The van der Waals surface area contributed by atoms with Crippen LogP contribution in [0, 0.1) is 11.5 Å². The van der Waals surface area contributed by atoms with Crippen molar-refractivity contribution in [2.24, 2.45) is 4.99 Å². The van der Waals surface area contributed by atoms with E-state index in [2.05, 4.69) is 26.7 Å². The van der Waals surface area contributed by atoms with Crippen LogP contribution < -0.4 is 10.6 Å². The minimum Gasteiger partial charge on any atom is -0.481 e. The molecule has 0 aliphatic carbocycles. The van der Waals surface area contributed by atoms with Gasteiger partial charge in [-0.15, -0.1) is 4.99 Å². The fourth-order valence-corrected chi connectivity index (χ4v) is 3.12. The monoisotopic (exact) mass is 393 g/mol.